The monoisotopic (exact) mass is 435 g/mol. The molecule has 3 aromatic rings. The molecular weight excluding hydrogens is 414 g/mol. The van der Waals surface area contributed by atoms with Crippen LogP contribution in [0.25, 0.3) is 10.9 Å². The van der Waals surface area contributed by atoms with Crippen LogP contribution in [0.15, 0.2) is 59.6 Å². The SMILES string of the molecule is O=C(Nc1ccc2ncccc2c1)c1ccc2c(c1)S(=O)(=O)N(C1CCCCC1)C2=O. The van der Waals surface area contributed by atoms with E-state index in [9.17, 15) is 18.0 Å². The molecule has 0 saturated heterocycles. The van der Waals surface area contributed by atoms with E-state index in [4.69, 9.17) is 0 Å². The number of carbonyl (C=O) groups excluding carboxylic acids is 2. The van der Waals surface area contributed by atoms with Gasteiger partial charge in [0.05, 0.1) is 11.1 Å². The lowest BCUT2D eigenvalue weighted by molar-refractivity contribution is 0.0809. The molecule has 0 radical (unpaired) electrons. The molecule has 158 valence electrons. The molecule has 1 aliphatic heterocycles. The summed E-state index contributed by atoms with van der Waals surface area (Å²) in [5.74, 6) is -0.930. The minimum Gasteiger partial charge on any atom is -0.322 e. The van der Waals surface area contributed by atoms with Gasteiger partial charge in [-0.2, -0.15) is 0 Å². The van der Waals surface area contributed by atoms with Gasteiger partial charge >= 0.3 is 0 Å². The predicted molar refractivity (Wildman–Crippen MR) is 116 cm³/mol. The summed E-state index contributed by atoms with van der Waals surface area (Å²) in [6, 6.07) is 13.0. The number of amides is 2. The van der Waals surface area contributed by atoms with Crippen molar-refractivity contribution >= 4 is 38.4 Å². The maximum Gasteiger partial charge on any atom is 0.269 e. The zero-order valence-electron chi connectivity index (χ0n) is 16.7. The number of aromatic nitrogens is 1. The number of benzene rings is 2. The van der Waals surface area contributed by atoms with Crippen LogP contribution in [0.3, 0.4) is 0 Å². The topological polar surface area (TPSA) is 96.4 Å². The van der Waals surface area contributed by atoms with Crippen molar-refractivity contribution in [3.05, 3.63) is 65.9 Å². The number of carbonyl (C=O) groups is 2. The lowest BCUT2D eigenvalue weighted by atomic mass is 9.95. The summed E-state index contributed by atoms with van der Waals surface area (Å²) in [5, 5.41) is 3.67. The van der Waals surface area contributed by atoms with Gasteiger partial charge in [0.2, 0.25) is 0 Å². The third-order valence-electron chi connectivity index (χ3n) is 5.98. The van der Waals surface area contributed by atoms with Gasteiger partial charge in [-0.25, -0.2) is 12.7 Å². The van der Waals surface area contributed by atoms with Gasteiger partial charge in [-0.15, -0.1) is 0 Å². The first-order chi connectivity index (χ1) is 14.9. The molecule has 2 aromatic carbocycles. The summed E-state index contributed by atoms with van der Waals surface area (Å²) in [6.45, 7) is 0. The Hall–Kier alpha value is -3.26. The highest BCUT2D eigenvalue weighted by Gasteiger charge is 2.45. The molecule has 2 aliphatic rings. The van der Waals surface area contributed by atoms with Crippen molar-refractivity contribution in [1.29, 1.82) is 0 Å². The molecule has 1 aromatic heterocycles. The smallest absolute Gasteiger partial charge is 0.269 e. The van der Waals surface area contributed by atoms with E-state index < -0.39 is 21.8 Å². The van der Waals surface area contributed by atoms with Gasteiger partial charge in [0, 0.05) is 28.9 Å². The van der Waals surface area contributed by atoms with Crippen molar-refractivity contribution in [3.63, 3.8) is 0 Å². The van der Waals surface area contributed by atoms with Crippen LogP contribution < -0.4 is 5.32 Å². The molecule has 5 rings (SSSR count). The number of hydrogen-bond donors (Lipinski definition) is 1. The Bertz CT molecular complexity index is 1310. The van der Waals surface area contributed by atoms with E-state index in [0.717, 1.165) is 34.5 Å². The zero-order valence-corrected chi connectivity index (χ0v) is 17.6. The standard InChI is InChI=1S/C23H21N3O4S/c27-22(25-17-9-11-20-15(13-17)5-4-12-24-20)16-8-10-19-21(14-16)31(29,30)26(23(19)28)18-6-2-1-3-7-18/h4-5,8-14,18H,1-3,6-7H2,(H,25,27). The van der Waals surface area contributed by atoms with Gasteiger partial charge in [0.15, 0.2) is 0 Å². The van der Waals surface area contributed by atoms with E-state index >= 15 is 0 Å². The predicted octanol–water partition coefficient (Wildman–Crippen LogP) is 3.96. The molecule has 31 heavy (non-hydrogen) atoms. The fourth-order valence-corrected chi connectivity index (χ4v) is 6.26. The van der Waals surface area contributed by atoms with Crippen LogP contribution in [0.5, 0.6) is 0 Å². The van der Waals surface area contributed by atoms with Crippen LogP contribution in [0.2, 0.25) is 0 Å². The number of fused-ring (bicyclic) bond motifs is 2. The molecule has 1 saturated carbocycles. The van der Waals surface area contributed by atoms with Crippen LogP contribution in [0.4, 0.5) is 5.69 Å². The van der Waals surface area contributed by atoms with E-state index in [1.165, 1.54) is 18.2 Å². The Balaban J connectivity index is 1.44. The molecule has 7 nitrogen and oxygen atoms in total. The quantitative estimate of drug-likeness (QED) is 0.672. The second-order valence-corrected chi connectivity index (χ2v) is 9.76. The summed E-state index contributed by atoms with van der Waals surface area (Å²) in [6.07, 6.45) is 5.95. The van der Waals surface area contributed by atoms with Crippen molar-refractivity contribution in [2.75, 3.05) is 5.32 Å². The van der Waals surface area contributed by atoms with E-state index in [2.05, 4.69) is 10.3 Å². The molecule has 0 unspecified atom stereocenters. The summed E-state index contributed by atoms with van der Waals surface area (Å²) >= 11 is 0. The largest absolute Gasteiger partial charge is 0.322 e. The second-order valence-electron chi connectivity index (χ2n) is 7.97. The second kappa shape index (κ2) is 7.46. The summed E-state index contributed by atoms with van der Waals surface area (Å²) in [5.41, 5.74) is 1.71. The van der Waals surface area contributed by atoms with Crippen molar-refractivity contribution in [2.24, 2.45) is 0 Å². The molecular formula is C23H21N3O4S. The molecule has 2 heterocycles. The minimum atomic E-state index is -3.96. The molecule has 2 amide bonds. The Morgan fingerprint density at radius 2 is 1.84 bits per heavy atom. The first-order valence-corrected chi connectivity index (χ1v) is 11.8. The molecule has 8 heteroatoms. The van der Waals surface area contributed by atoms with E-state index in [1.54, 1.807) is 24.4 Å². The van der Waals surface area contributed by atoms with Gasteiger partial charge in [0.25, 0.3) is 21.8 Å². The van der Waals surface area contributed by atoms with Crippen LogP contribution in [0, 0.1) is 0 Å². The average molecular weight is 436 g/mol. The number of anilines is 1. The lowest BCUT2D eigenvalue weighted by Crippen LogP contribution is -2.40. The van der Waals surface area contributed by atoms with Crippen LogP contribution >= 0.6 is 0 Å². The fourth-order valence-electron chi connectivity index (χ4n) is 4.42. The minimum absolute atomic E-state index is 0.0848. The first kappa shape index (κ1) is 19.7. The zero-order chi connectivity index (χ0) is 21.6. The highest BCUT2D eigenvalue weighted by Crippen LogP contribution is 2.36. The summed E-state index contributed by atoms with van der Waals surface area (Å²) in [7, 11) is -3.96. The molecule has 1 N–H and O–H groups in total. The number of nitrogens with zero attached hydrogens (tertiary/aromatic N) is 2. The maximum absolute atomic E-state index is 13.1. The van der Waals surface area contributed by atoms with E-state index in [1.807, 2.05) is 12.1 Å². The van der Waals surface area contributed by atoms with Crippen LogP contribution in [-0.4, -0.2) is 35.6 Å². The molecule has 1 fully saturated rings. The first-order valence-electron chi connectivity index (χ1n) is 10.3. The lowest BCUT2D eigenvalue weighted by Gasteiger charge is -2.29. The number of nitrogens with one attached hydrogen (secondary N) is 1. The van der Waals surface area contributed by atoms with Crippen LogP contribution in [0.1, 0.15) is 52.8 Å². The third kappa shape index (κ3) is 3.37. The molecule has 1 aliphatic carbocycles. The average Bonchev–Trinajstić information content (AvgIpc) is 2.99. The normalized spacial score (nSPS) is 18.2. The maximum atomic E-state index is 13.1. The number of sulfonamides is 1. The van der Waals surface area contributed by atoms with Crippen molar-refractivity contribution < 1.29 is 18.0 Å². The summed E-state index contributed by atoms with van der Waals surface area (Å²) < 4.78 is 27.3. The molecule has 0 bridgehead atoms. The number of rotatable bonds is 3. The van der Waals surface area contributed by atoms with Gasteiger partial charge in [-0.1, -0.05) is 25.3 Å². The number of pyridine rings is 1. The molecule has 0 spiro atoms. The van der Waals surface area contributed by atoms with E-state index in [-0.39, 0.29) is 22.1 Å². The van der Waals surface area contributed by atoms with Gasteiger partial charge in [-0.3, -0.25) is 14.6 Å². The molecule has 0 atom stereocenters. The highest BCUT2D eigenvalue weighted by atomic mass is 32.2. The van der Waals surface area contributed by atoms with Crippen molar-refractivity contribution in [2.45, 2.75) is 43.0 Å². The Kier molecular flexibility index (Phi) is 4.74. The Morgan fingerprint density at radius 1 is 1.03 bits per heavy atom. The fraction of sp³-hybridized carbons (Fsp3) is 0.261. The van der Waals surface area contributed by atoms with Crippen LogP contribution in [-0.2, 0) is 10.0 Å². The Morgan fingerprint density at radius 3 is 2.65 bits per heavy atom. The van der Waals surface area contributed by atoms with Gasteiger partial charge < -0.3 is 5.32 Å². The van der Waals surface area contributed by atoms with Gasteiger partial charge in [0.1, 0.15) is 4.90 Å². The number of hydrogen-bond acceptors (Lipinski definition) is 5. The Labute approximate surface area is 180 Å². The highest BCUT2D eigenvalue weighted by molar-refractivity contribution is 7.90. The summed E-state index contributed by atoms with van der Waals surface area (Å²) in [4.78, 5) is 29.8. The van der Waals surface area contributed by atoms with Crippen molar-refractivity contribution in [1.82, 2.24) is 9.29 Å². The van der Waals surface area contributed by atoms with Crippen molar-refractivity contribution in [3.8, 4) is 0 Å². The third-order valence-corrected chi connectivity index (χ3v) is 7.85. The van der Waals surface area contributed by atoms with Gasteiger partial charge in [-0.05, 0) is 55.3 Å². The van der Waals surface area contributed by atoms with E-state index in [0.29, 0.717) is 18.5 Å².